The molecule has 2 fully saturated rings. The third kappa shape index (κ3) is 2.55. The summed E-state index contributed by atoms with van der Waals surface area (Å²) in [5, 5.41) is 0.358. The smallest absolute Gasteiger partial charge is 0.141 e. The Bertz CT molecular complexity index is 455. The van der Waals surface area contributed by atoms with Gasteiger partial charge in [0.15, 0.2) is 0 Å². The van der Waals surface area contributed by atoms with E-state index in [9.17, 15) is 4.39 Å². The predicted octanol–water partition coefficient (Wildman–Crippen LogP) is 3.05. The predicted molar refractivity (Wildman–Crippen MR) is 64.9 cm³/mol. The van der Waals surface area contributed by atoms with Gasteiger partial charge in [0.2, 0.25) is 0 Å². The van der Waals surface area contributed by atoms with Crippen LogP contribution < -0.4 is 10.5 Å². The molecule has 0 unspecified atom stereocenters. The fraction of sp³-hybridized carbons (Fsp3) is 0.538. The average Bonchev–Trinajstić information content (AvgIpc) is 3.11. The molecule has 0 saturated heterocycles. The van der Waals surface area contributed by atoms with Crippen molar-refractivity contribution in [1.29, 1.82) is 0 Å². The third-order valence-corrected chi connectivity index (χ3v) is 3.61. The first-order chi connectivity index (χ1) is 8.06. The maximum absolute atomic E-state index is 13.4. The summed E-state index contributed by atoms with van der Waals surface area (Å²) in [5.74, 6) is 0.310. The van der Waals surface area contributed by atoms with Crippen LogP contribution in [0.1, 0.15) is 31.2 Å². The first-order valence-corrected chi connectivity index (χ1v) is 6.37. The van der Waals surface area contributed by atoms with Gasteiger partial charge < -0.3 is 10.5 Å². The van der Waals surface area contributed by atoms with Crippen LogP contribution in [0.15, 0.2) is 12.1 Å². The number of benzene rings is 1. The van der Waals surface area contributed by atoms with Gasteiger partial charge in [-0.25, -0.2) is 4.39 Å². The normalized spacial score (nSPS) is 21.4. The molecule has 2 nitrogen and oxygen atoms in total. The molecule has 1 aromatic rings. The van der Waals surface area contributed by atoms with Crippen molar-refractivity contribution in [2.75, 3.05) is 0 Å². The minimum atomic E-state index is -0.322. The second kappa shape index (κ2) is 3.85. The molecule has 0 bridgehead atoms. The minimum absolute atomic E-state index is 0.168. The Balaban J connectivity index is 1.91. The molecule has 0 radical (unpaired) electrons. The van der Waals surface area contributed by atoms with Gasteiger partial charge in [-0.15, -0.1) is 0 Å². The van der Waals surface area contributed by atoms with Gasteiger partial charge >= 0.3 is 0 Å². The average molecular weight is 256 g/mol. The summed E-state index contributed by atoms with van der Waals surface area (Å²) in [6.07, 6.45) is 4.99. The van der Waals surface area contributed by atoms with Crippen molar-refractivity contribution in [3.63, 3.8) is 0 Å². The van der Waals surface area contributed by atoms with Gasteiger partial charge in [-0.3, -0.25) is 0 Å². The van der Waals surface area contributed by atoms with Crippen molar-refractivity contribution in [3.8, 4) is 5.75 Å². The molecule has 0 spiro atoms. The van der Waals surface area contributed by atoms with E-state index in [4.69, 9.17) is 22.1 Å². The molecular weight excluding hydrogens is 241 g/mol. The lowest BCUT2D eigenvalue weighted by atomic mass is 10.0. The molecule has 0 amide bonds. The Morgan fingerprint density at radius 3 is 2.71 bits per heavy atom. The summed E-state index contributed by atoms with van der Waals surface area (Å²) >= 11 is 6.05. The summed E-state index contributed by atoms with van der Waals surface area (Å²) in [5.41, 5.74) is 6.71. The molecule has 17 heavy (non-hydrogen) atoms. The Kier molecular flexibility index (Phi) is 2.56. The summed E-state index contributed by atoms with van der Waals surface area (Å²) < 4.78 is 19.1. The number of hydrogen-bond acceptors (Lipinski definition) is 2. The van der Waals surface area contributed by atoms with E-state index >= 15 is 0 Å². The van der Waals surface area contributed by atoms with Gasteiger partial charge in [-0.1, -0.05) is 11.6 Å². The second-order valence-electron chi connectivity index (χ2n) is 5.23. The van der Waals surface area contributed by atoms with Gasteiger partial charge in [-0.2, -0.15) is 0 Å². The number of rotatable bonds is 4. The van der Waals surface area contributed by atoms with Crippen LogP contribution in [-0.4, -0.2) is 11.6 Å². The zero-order chi connectivity index (χ0) is 12.0. The van der Waals surface area contributed by atoms with Crippen LogP contribution in [0.2, 0.25) is 5.02 Å². The van der Waals surface area contributed by atoms with Crippen LogP contribution in [0.5, 0.6) is 5.75 Å². The zero-order valence-corrected chi connectivity index (χ0v) is 10.3. The van der Waals surface area contributed by atoms with E-state index in [1.165, 1.54) is 12.1 Å². The lowest BCUT2D eigenvalue weighted by Crippen LogP contribution is -2.25. The summed E-state index contributed by atoms with van der Waals surface area (Å²) in [7, 11) is 0. The molecule has 2 aliphatic carbocycles. The SMILES string of the molecule is NC1(Cc2cc(F)cc(Cl)c2OC2CC2)CC1. The monoisotopic (exact) mass is 255 g/mol. The highest BCUT2D eigenvalue weighted by atomic mass is 35.5. The molecule has 0 atom stereocenters. The van der Waals surface area contributed by atoms with Crippen LogP contribution >= 0.6 is 11.6 Å². The summed E-state index contributed by atoms with van der Waals surface area (Å²) in [6, 6.07) is 2.80. The van der Waals surface area contributed by atoms with Gasteiger partial charge in [0.25, 0.3) is 0 Å². The van der Waals surface area contributed by atoms with Crippen LogP contribution in [0.3, 0.4) is 0 Å². The summed E-state index contributed by atoms with van der Waals surface area (Å²) in [6.45, 7) is 0. The highest BCUT2D eigenvalue weighted by Gasteiger charge is 2.39. The van der Waals surface area contributed by atoms with E-state index in [0.29, 0.717) is 17.2 Å². The Morgan fingerprint density at radius 1 is 1.41 bits per heavy atom. The molecule has 0 aromatic heterocycles. The van der Waals surface area contributed by atoms with Crippen LogP contribution in [-0.2, 0) is 6.42 Å². The fourth-order valence-corrected chi connectivity index (χ4v) is 2.22. The maximum Gasteiger partial charge on any atom is 0.141 e. The molecule has 1 aromatic carbocycles. The number of ether oxygens (including phenoxy) is 1. The molecule has 4 heteroatoms. The van der Waals surface area contributed by atoms with Gasteiger partial charge in [-0.05, 0) is 44.2 Å². The number of nitrogens with two attached hydrogens (primary N) is 1. The highest BCUT2D eigenvalue weighted by molar-refractivity contribution is 6.32. The Morgan fingerprint density at radius 2 is 2.12 bits per heavy atom. The topological polar surface area (TPSA) is 35.2 Å². The van der Waals surface area contributed by atoms with E-state index in [1.807, 2.05) is 0 Å². The first-order valence-electron chi connectivity index (χ1n) is 5.99. The molecule has 0 heterocycles. The van der Waals surface area contributed by atoms with Crippen molar-refractivity contribution in [1.82, 2.24) is 0 Å². The molecule has 92 valence electrons. The molecule has 2 N–H and O–H groups in total. The van der Waals surface area contributed by atoms with Crippen molar-refractivity contribution in [2.24, 2.45) is 5.73 Å². The quantitative estimate of drug-likeness (QED) is 0.898. The van der Waals surface area contributed by atoms with Gasteiger partial charge in [0, 0.05) is 11.1 Å². The fourth-order valence-electron chi connectivity index (χ4n) is 1.95. The van der Waals surface area contributed by atoms with E-state index < -0.39 is 0 Å². The molecule has 2 saturated carbocycles. The van der Waals surface area contributed by atoms with E-state index in [2.05, 4.69) is 0 Å². The molecule has 3 rings (SSSR count). The lowest BCUT2D eigenvalue weighted by molar-refractivity contribution is 0.298. The van der Waals surface area contributed by atoms with Gasteiger partial charge in [0.1, 0.15) is 11.6 Å². The summed E-state index contributed by atoms with van der Waals surface area (Å²) in [4.78, 5) is 0. The van der Waals surface area contributed by atoms with E-state index in [1.54, 1.807) is 0 Å². The van der Waals surface area contributed by atoms with E-state index in [0.717, 1.165) is 31.2 Å². The Labute approximate surface area is 105 Å². The van der Waals surface area contributed by atoms with Crippen LogP contribution in [0.4, 0.5) is 4.39 Å². The van der Waals surface area contributed by atoms with Crippen molar-refractivity contribution < 1.29 is 9.13 Å². The number of halogens is 2. The maximum atomic E-state index is 13.4. The van der Waals surface area contributed by atoms with Crippen molar-refractivity contribution in [3.05, 3.63) is 28.5 Å². The molecular formula is C13H15ClFNO. The zero-order valence-electron chi connectivity index (χ0n) is 9.51. The third-order valence-electron chi connectivity index (χ3n) is 3.33. The largest absolute Gasteiger partial charge is 0.489 e. The lowest BCUT2D eigenvalue weighted by Gasteiger charge is -2.15. The minimum Gasteiger partial charge on any atom is -0.489 e. The van der Waals surface area contributed by atoms with Crippen molar-refractivity contribution >= 4 is 11.6 Å². The van der Waals surface area contributed by atoms with Crippen LogP contribution in [0, 0.1) is 5.82 Å². The van der Waals surface area contributed by atoms with Crippen LogP contribution in [0.25, 0.3) is 0 Å². The second-order valence-corrected chi connectivity index (χ2v) is 5.64. The Hall–Kier alpha value is -0.800. The van der Waals surface area contributed by atoms with Gasteiger partial charge in [0.05, 0.1) is 11.1 Å². The van der Waals surface area contributed by atoms with E-state index in [-0.39, 0.29) is 17.5 Å². The first kappa shape index (κ1) is 11.3. The van der Waals surface area contributed by atoms with Crippen molar-refractivity contribution in [2.45, 2.75) is 43.7 Å². The standard InChI is InChI=1S/C13H15ClFNO/c14-11-6-9(15)5-8(7-13(16)3-4-13)12(11)17-10-1-2-10/h5-6,10H,1-4,7,16H2. The molecule has 0 aliphatic heterocycles. The highest BCUT2D eigenvalue weighted by Crippen LogP contribution is 2.41. The molecule has 2 aliphatic rings. The number of hydrogen-bond donors (Lipinski definition) is 1.